The molecule has 0 amide bonds. The molecule has 94 valence electrons. The minimum absolute atomic E-state index is 0.459. The van der Waals surface area contributed by atoms with Gasteiger partial charge in [0, 0.05) is 19.6 Å². The lowest BCUT2D eigenvalue weighted by Gasteiger charge is -2.50. The van der Waals surface area contributed by atoms with Crippen molar-refractivity contribution in [1.29, 1.82) is 0 Å². The topological polar surface area (TPSA) is 43.7 Å². The highest BCUT2D eigenvalue weighted by Gasteiger charge is 2.43. The lowest BCUT2D eigenvalue weighted by atomic mass is 9.82. The molecule has 2 fully saturated rings. The normalized spacial score (nSPS) is 28.7. The van der Waals surface area contributed by atoms with Gasteiger partial charge in [-0.2, -0.15) is 0 Å². The van der Waals surface area contributed by atoms with E-state index in [9.17, 15) is 10.2 Å². The van der Waals surface area contributed by atoms with Gasteiger partial charge in [0.15, 0.2) is 0 Å². The number of hydrogen-bond acceptors (Lipinski definition) is 3. The zero-order valence-corrected chi connectivity index (χ0v) is 10.4. The molecule has 0 aromatic heterocycles. The lowest BCUT2D eigenvalue weighted by molar-refractivity contribution is -0.134. The monoisotopic (exact) mass is 227 g/mol. The van der Waals surface area contributed by atoms with Crippen molar-refractivity contribution in [2.45, 2.75) is 63.1 Å². The first-order chi connectivity index (χ1) is 7.55. The van der Waals surface area contributed by atoms with Crippen LogP contribution >= 0.6 is 0 Å². The number of likely N-dealkylation sites (tertiary alicyclic amines) is 1. The molecule has 16 heavy (non-hydrogen) atoms. The van der Waals surface area contributed by atoms with E-state index in [1.165, 1.54) is 6.42 Å². The molecule has 0 aromatic carbocycles. The zero-order valence-electron chi connectivity index (χ0n) is 10.4. The second-order valence-electron chi connectivity index (χ2n) is 5.90. The van der Waals surface area contributed by atoms with Crippen molar-refractivity contribution < 1.29 is 10.2 Å². The van der Waals surface area contributed by atoms with Crippen LogP contribution in [0, 0.1) is 0 Å². The Balaban J connectivity index is 1.76. The van der Waals surface area contributed by atoms with Crippen LogP contribution in [0.15, 0.2) is 0 Å². The summed E-state index contributed by atoms with van der Waals surface area (Å²) in [5.41, 5.74) is -0.925. The Kier molecular flexibility index (Phi) is 3.57. The summed E-state index contributed by atoms with van der Waals surface area (Å²) in [6.45, 7) is 4.38. The number of aliphatic hydroxyl groups is 2. The van der Waals surface area contributed by atoms with Crippen LogP contribution in [0.2, 0.25) is 0 Å². The van der Waals surface area contributed by atoms with Crippen LogP contribution in [0.4, 0.5) is 0 Å². The first-order valence-electron chi connectivity index (χ1n) is 6.72. The maximum absolute atomic E-state index is 10.4. The third-order valence-electron chi connectivity index (χ3n) is 4.05. The van der Waals surface area contributed by atoms with Crippen LogP contribution in [0.1, 0.15) is 51.9 Å². The molecule has 3 nitrogen and oxygen atoms in total. The third-order valence-corrected chi connectivity index (χ3v) is 4.05. The zero-order chi connectivity index (χ0) is 11.6. The molecule has 0 bridgehead atoms. The fraction of sp³-hybridized carbons (Fsp3) is 1.00. The van der Waals surface area contributed by atoms with Crippen molar-refractivity contribution in [3.05, 3.63) is 0 Å². The molecule has 1 aliphatic heterocycles. The SMILES string of the molecule is CCCC1(O)CN(CC2(O)CCCCC2)C1. The molecular weight excluding hydrogens is 202 g/mol. The highest BCUT2D eigenvalue weighted by Crippen LogP contribution is 2.33. The largest absolute Gasteiger partial charge is 0.389 e. The molecule has 0 spiro atoms. The average Bonchev–Trinajstić information content (AvgIpc) is 2.16. The van der Waals surface area contributed by atoms with E-state index in [0.29, 0.717) is 0 Å². The summed E-state index contributed by atoms with van der Waals surface area (Å²) >= 11 is 0. The van der Waals surface area contributed by atoms with Crippen LogP contribution in [0.3, 0.4) is 0 Å². The standard InChI is InChI=1S/C13H25NO2/c1-2-6-13(16)10-14(11-13)9-12(15)7-4-3-5-8-12/h15-16H,2-11H2,1H3. The van der Waals surface area contributed by atoms with E-state index in [-0.39, 0.29) is 0 Å². The van der Waals surface area contributed by atoms with E-state index >= 15 is 0 Å². The predicted octanol–water partition coefficient (Wildman–Crippen LogP) is 1.53. The van der Waals surface area contributed by atoms with Crippen molar-refractivity contribution >= 4 is 0 Å². The number of rotatable bonds is 4. The maximum atomic E-state index is 10.4. The van der Waals surface area contributed by atoms with Crippen molar-refractivity contribution in [2.75, 3.05) is 19.6 Å². The summed E-state index contributed by atoms with van der Waals surface area (Å²) in [5.74, 6) is 0. The average molecular weight is 227 g/mol. The van der Waals surface area contributed by atoms with E-state index in [1.54, 1.807) is 0 Å². The minimum Gasteiger partial charge on any atom is -0.389 e. The molecule has 3 heteroatoms. The first kappa shape index (κ1) is 12.3. The summed E-state index contributed by atoms with van der Waals surface area (Å²) in [6, 6.07) is 0. The van der Waals surface area contributed by atoms with Crippen molar-refractivity contribution in [3.8, 4) is 0 Å². The Morgan fingerprint density at radius 1 is 1.00 bits per heavy atom. The van der Waals surface area contributed by atoms with Gasteiger partial charge in [-0.3, -0.25) is 4.90 Å². The van der Waals surface area contributed by atoms with Gasteiger partial charge in [0.05, 0.1) is 11.2 Å². The predicted molar refractivity (Wildman–Crippen MR) is 64.3 cm³/mol. The molecule has 0 unspecified atom stereocenters. The van der Waals surface area contributed by atoms with Crippen molar-refractivity contribution in [3.63, 3.8) is 0 Å². The molecule has 2 N–H and O–H groups in total. The highest BCUT2D eigenvalue weighted by molar-refractivity contribution is 4.98. The quantitative estimate of drug-likeness (QED) is 0.765. The molecule has 1 saturated heterocycles. The van der Waals surface area contributed by atoms with Gasteiger partial charge in [0.1, 0.15) is 0 Å². The van der Waals surface area contributed by atoms with Crippen LogP contribution in [-0.4, -0.2) is 45.9 Å². The number of nitrogens with zero attached hydrogens (tertiary/aromatic N) is 1. The lowest BCUT2D eigenvalue weighted by Crippen LogP contribution is -2.64. The Morgan fingerprint density at radius 2 is 1.62 bits per heavy atom. The first-order valence-corrected chi connectivity index (χ1v) is 6.72. The summed E-state index contributed by atoms with van der Waals surface area (Å²) in [4.78, 5) is 2.21. The molecule has 0 atom stereocenters. The fourth-order valence-corrected chi connectivity index (χ4v) is 3.31. The van der Waals surface area contributed by atoms with Gasteiger partial charge in [-0.05, 0) is 19.3 Å². The summed E-state index contributed by atoms with van der Waals surface area (Å²) < 4.78 is 0. The van der Waals surface area contributed by atoms with E-state index in [1.807, 2.05) is 0 Å². The van der Waals surface area contributed by atoms with Gasteiger partial charge < -0.3 is 10.2 Å². The van der Waals surface area contributed by atoms with Gasteiger partial charge in [0.25, 0.3) is 0 Å². The Bertz CT molecular complexity index is 230. The van der Waals surface area contributed by atoms with Gasteiger partial charge in [-0.15, -0.1) is 0 Å². The molecule has 1 saturated carbocycles. The summed E-state index contributed by atoms with van der Waals surface area (Å²) in [5, 5.41) is 20.5. The Hall–Kier alpha value is -0.120. The van der Waals surface area contributed by atoms with Gasteiger partial charge in [-0.1, -0.05) is 32.6 Å². The third kappa shape index (κ3) is 2.76. The molecular formula is C13H25NO2. The Morgan fingerprint density at radius 3 is 2.19 bits per heavy atom. The smallest absolute Gasteiger partial charge is 0.0900 e. The minimum atomic E-state index is -0.466. The van der Waals surface area contributed by atoms with E-state index < -0.39 is 11.2 Å². The van der Waals surface area contributed by atoms with E-state index in [4.69, 9.17) is 0 Å². The number of β-amino-alcohol motifs (C(OH)–C–C–N with tert-alkyl or cyclic N) is 2. The second-order valence-corrected chi connectivity index (χ2v) is 5.90. The maximum Gasteiger partial charge on any atom is 0.0900 e. The van der Waals surface area contributed by atoms with E-state index in [0.717, 1.165) is 58.2 Å². The molecule has 1 heterocycles. The molecule has 0 radical (unpaired) electrons. The Labute approximate surface area is 98.5 Å². The summed E-state index contributed by atoms with van der Waals surface area (Å²) in [6.07, 6.45) is 7.39. The van der Waals surface area contributed by atoms with Gasteiger partial charge in [0.2, 0.25) is 0 Å². The van der Waals surface area contributed by atoms with Crippen LogP contribution < -0.4 is 0 Å². The second kappa shape index (κ2) is 4.63. The fourth-order valence-electron chi connectivity index (χ4n) is 3.31. The van der Waals surface area contributed by atoms with Crippen LogP contribution in [0.25, 0.3) is 0 Å². The molecule has 0 aromatic rings. The molecule has 2 rings (SSSR count). The van der Waals surface area contributed by atoms with Crippen LogP contribution in [-0.2, 0) is 0 Å². The van der Waals surface area contributed by atoms with Gasteiger partial charge >= 0.3 is 0 Å². The van der Waals surface area contributed by atoms with Crippen molar-refractivity contribution in [2.24, 2.45) is 0 Å². The van der Waals surface area contributed by atoms with Crippen molar-refractivity contribution in [1.82, 2.24) is 4.90 Å². The van der Waals surface area contributed by atoms with E-state index in [2.05, 4.69) is 11.8 Å². The highest BCUT2D eigenvalue weighted by atomic mass is 16.3. The summed E-state index contributed by atoms with van der Waals surface area (Å²) in [7, 11) is 0. The van der Waals surface area contributed by atoms with Gasteiger partial charge in [-0.25, -0.2) is 0 Å². The molecule has 2 aliphatic rings. The van der Waals surface area contributed by atoms with Crippen LogP contribution in [0.5, 0.6) is 0 Å². The molecule has 1 aliphatic carbocycles. The number of hydrogen-bond donors (Lipinski definition) is 2.